The zero-order valence-corrected chi connectivity index (χ0v) is 17.0. The van der Waals surface area contributed by atoms with Crippen LogP contribution in [0.25, 0.3) is 0 Å². The summed E-state index contributed by atoms with van der Waals surface area (Å²) in [6.07, 6.45) is 0.468. The average molecular weight is 393 g/mol. The lowest BCUT2D eigenvalue weighted by Gasteiger charge is -2.32. The van der Waals surface area contributed by atoms with E-state index in [1.165, 1.54) is 0 Å². The van der Waals surface area contributed by atoms with Gasteiger partial charge in [0.2, 0.25) is 0 Å². The lowest BCUT2D eigenvalue weighted by molar-refractivity contribution is -0.136. The molecule has 3 aromatic rings. The Bertz CT molecular complexity index is 769. The van der Waals surface area contributed by atoms with Gasteiger partial charge in [0, 0.05) is 13.0 Å². The molecule has 0 radical (unpaired) electrons. The smallest absolute Gasteiger partial charge is 0.345 e. The van der Waals surface area contributed by atoms with Gasteiger partial charge < -0.3 is 9.84 Å². The summed E-state index contributed by atoms with van der Waals surface area (Å²) in [6, 6.07) is 30.4. The Morgan fingerprint density at radius 3 is 1.54 bits per heavy atom. The van der Waals surface area contributed by atoms with E-state index in [0.29, 0.717) is 19.6 Å². The molecule has 0 saturated carbocycles. The summed E-state index contributed by atoms with van der Waals surface area (Å²) in [7, 11) is -2.44. The van der Waals surface area contributed by atoms with Gasteiger partial charge in [-0.25, -0.2) is 4.79 Å². The molecule has 0 aliphatic carbocycles. The highest BCUT2D eigenvalue weighted by molar-refractivity contribution is 7.96. The minimum Gasteiger partial charge on any atom is -0.478 e. The van der Waals surface area contributed by atoms with Gasteiger partial charge in [-0.3, -0.25) is 0 Å². The number of hydrogen-bond acceptors (Lipinski definition) is 2. The van der Waals surface area contributed by atoms with E-state index in [4.69, 9.17) is 4.74 Å². The maximum Gasteiger partial charge on any atom is 0.345 e. The summed E-state index contributed by atoms with van der Waals surface area (Å²) in [5.74, 6) is -0.774. The predicted molar refractivity (Wildman–Crippen MR) is 118 cm³/mol. The van der Waals surface area contributed by atoms with Gasteiger partial charge in [0.15, 0.2) is 5.66 Å². The maximum atomic E-state index is 12.6. The molecule has 3 rings (SSSR count). The number of rotatable bonds is 9. The highest BCUT2D eigenvalue weighted by Gasteiger charge is 2.55. The molecule has 0 saturated heterocycles. The van der Waals surface area contributed by atoms with Crippen molar-refractivity contribution in [3.05, 3.63) is 91.0 Å². The number of benzene rings is 3. The van der Waals surface area contributed by atoms with Crippen molar-refractivity contribution in [1.29, 1.82) is 0 Å². The van der Waals surface area contributed by atoms with Crippen LogP contribution in [-0.4, -0.2) is 29.9 Å². The van der Waals surface area contributed by atoms with Gasteiger partial charge in [-0.15, -0.1) is 0 Å². The molecule has 1 N–H and O–H groups in total. The van der Waals surface area contributed by atoms with E-state index in [1.807, 2.05) is 61.5 Å². The quantitative estimate of drug-likeness (QED) is 0.444. The number of aliphatic carboxylic acids is 1. The average Bonchev–Trinajstić information content (AvgIpc) is 2.75. The lowest BCUT2D eigenvalue weighted by Crippen LogP contribution is -2.43. The fourth-order valence-electron chi connectivity index (χ4n) is 3.80. The minimum absolute atomic E-state index is 0.432. The van der Waals surface area contributed by atoms with E-state index >= 15 is 0 Å². The molecular formula is C24H26O3P+. The highest BCUT2D eigenvalue weighted by atomic mass is 31.2. The minimum atomic E-state index is -2.44. The Morgan fingerprint density at radius 2 is 1.21 bits per heavy atom. The first-order valence-electron chi connectivity index (χ1n) is 9.57. The molecule has 3 nitrogen and oxygen atoms in total. The SMILES string of the molecule is CCOCCC(C(=O)O)[P+](c1ccccc1)(c1ccccc1)c1ccccc1. The molecule has 0 bridgehead atoms. The van der Waals surface area contributed by atoms with Crippen LogP contribution in [-0.2, 0) is 9.53 Å². The Kier molecular flexibility index (Phi) is 6.97. The second-order valence-electron chi connectivity index (χ2n) is 6.57. The molecule has 0 aromatic heterocycles. The van der Waals surface area contributed by atoms with Crippen LogP contribution in [0.3, 0.4) is 0 Å². The van der Waals surface area contributed by atoms with E-state index in [9.17, 15) is 9.90 Å². The van der Waals surface area contributed by atoms with Crippen LogP contribution < -0.4 is 15.9 Å². The zero-order valence-electron chi connectivity index (χ0n) is 16.1. The summed E-state index contributed by atoms with van der Waals surface area (Å²) in [5, 5.41) is 13.6. The summed E-state index contributed by atoms with van der Waals surface area (Å²) in [6.45, 7) is 2.95. The van der Waals surface area contributed by atoms with Crippen LogP contribution in [0.1, 0.15) is 13.3 Å². The van der Waals surface area contributed by atoms with Gasteiger partial charge in [0.25, 0.3) is 0 Å². The molecule has 0 amide bonds. The summed E-state index contributed by atoms with van der Waals surface area (Å²) in [4.78, 5) is 12.6. The topological polar surface area (TPSA) is 46.5 Å². The van der Waals surface area contributed by atoms with E-state index in [0.717, 1.165) is 15.9 Å². The third kappa shape index (κ3) is 4.01. The molecule has 0 heterocycles. The van der Waals surface area contributed by atoms with Crippen molar-refractivity contribution in [2.24, 2.45) is 0 Å². The van der Waals surface area contributed by atoms with Crippen LogP contribution in [0.2, 0.25) is 0 Å². The molecule has 4 heteroatoms. The number of carboxylic acid groups (broad SMARTS) is 1. The van der Waals surface area contributed by atoms with Crippen LogP contribution in [0.5, 0.6) is 0 Å². The van der Waals surface area contributed by atoms with Crippen molar-refractivity contribution >= 4 is 29.1 Å². The first-order chi connectivity index (χ1) is 13.7. The standard InChI is InChI=1S/C24H25O3P/c1-2-27-19-18-23(24(25)26)28(20-12-6-3-7-13-20,21-14-8-4-9-15-21)22-16-10-5-11-17-22/h3-17,23H,2,18-19H2,1H3/p+1. The molecule has 0 fully saturated rings. The zero-order chi connectivity index (χ0) is 19.8. The fourth-order valence-corrected chi connectivity index (χ4v) is 8.52. The van der Waals surface area contributed by atoms with Gasteiger partial charge in [-0.2, -0.15) is 0 Å². The van der Waals surface area contributed by atoms with Crippen LogP contribution in [0, 0.1) is 0 Å². The Morgan fingerprint density at radius 1 is 0.821 bits per heavy atom. The molecule has 0 aliphatic heterocycles. The maximum absolute atomic E-state index is 12.6. The molecule has 1 atom stereocenters. The monoisotopic (exact) mass is 393 g/mol. The molecule has 3 aromatic carbocycles. The summed E-state index contributed by atoms with van der Waals surface area (Å²) < 4.78 is 5.57. The fraction of sp³-hybridized carbons (Fsp3) is 0.208. The Hall–Kier alpha value is -2.48. The van der Waals surface area contributed by atoms with Gasteiger partial charge >= 0.3 is 5.97 Å². The third-order valence-electron chi connectivity index (χ3n) is 4.98. The number of carboxylic acids is 1. The number of ether oxygens (including phenoxy) is 1. The van der Waals surface area contributed by atoms with Crippen LogP contribution >= 0.6 is 7.26 Å². The van der Waals surface area contributed by atoms with Gasteiger partial charge in [-0.05, 0) is 43.3 Å². The second kappa shape index (κ2) is 9.64. The third-order valence-corrected chi connectivity index (χ3v) is 9.73. The highest BCUT2D eigenvalue weighted by Crippen LogP contribution is 2.60. The lowest BCUT2D eigenvalue weighted by atomic mass is 10.3. The van der Waals surface area contributed by atoms with Crippen LogP contribution in [0.4, 0.5) is 0 Å². The second-order valence-corrected chi connectivity index (χ2v) is 10.2. The first-order valence-corrected chi connectivity index (χ1v) is 11.4. The van der Waals surface area contributed by atoms with Gasteiger partial charge in [-0.1, -0.05) is 54.6 Å². The Labute approximate surface area is 167 Å². The van der Waals surface area contributed by atoms with Crippen molar-refractivity contribution < 1.29 is 14.6 Å². The molecule has 28 heavy (non-hydrogen) atoms. The summed E-state index contributed by atoms with van der Waals surface area (Å²) >= 11 is 0. The van der Waals surface area contributed by atoms with Crippen LogP contribution in [0.15, 0.2) is 91.0 Å². The predicted octanol–water partition coefficient (Wildman–Crippen LogP) is 3.86. The van der Waals surface area contributed by atoms with E-state index in [1.54, 1.807) is 0 Å². The van der Waals surface area contributed by atoms with Crippen molar-refractivity contribution in [2.45, 2.75) is 19.0 Å². The van der Waals surface area contributed by atoms with Crippen molar-refractivity contribution in [3.8, 4) is 0 Å². The van der Waals surface area contributed by atoms with E-state index < -0.39 is 18.9 Å². The molecule has 1 unspecified atom stereocenters. The number of carbonyl (C=O) groups is 1. The first kappa shape index (κ1) is 20.3. The molecule has 0 spiro atoms. The summed E-state index contributed by atoms with van der Waals surface area (Å²) in [5.41, 5.74) is -0.564. The molecular weight excluding hydrogens is 367 g/mol. The van der Waals surface area contributed by atoms with E-state index in [-0.39, 0.29) is 0 Å². The van der Waals surface area contributed by atoms with Gasteiger partial charge in [0.1, 0.15) is 23.2 Å². The van der Waals surface area contributed by atoms with Gasteiger partial charge in [0.05, 0.1) is 6.61 Å². The Balaban J connectivity index is 2.31. The molecule has 144 valence electrons. The van der Waals surface area contributed by atoms with Crippen molar-refractivity contribution in [3.63, 3.8) is 0 Å². The largest absolute Gasteiger partial charge is 0.478 e. The number of hydrogen-bond donors (Lipinski definition) is 1. The normalized spacial score (nSPS) is 12.5. The molecule has 0 aliphatic rings. The van der Waals surface area contributed by atoms with Crippen molar-refractivity contribution in [1.82, 2.24) is 0 Å². The van der Waals surface area contributed by atoms with E-state index in [2.05, 4.69) is 36.4 Å². The van der Waals surface area contributed by atoms with Crippen molar-refractivity contribution in [2.75, 3.05) is 13.2 Å².